The summed E-state index contributed by atoms with van der Waals surface area (Å²) in [5.41, 5.74) is 4.46. The van der Waals surface area contributed by atoms with Crippen LogP contribution in [0.5, 0.6) is 0 Å². The van der Waals surface area contributed by atoms with E-state index in [-0.39, 0.29) is 5.56 Å². The summed E-state index contributed by atoms with van der Waals surface area (Å²) in [5, 5.41) is 13.9. The van der Waals surface area contributed by atoms with Crippen LogP contribution in [-0.4, -0.2) is 30.1 Å². The van der Waals surface area contributed by atoms with Crippen LogP contribution in [0, 0.1) is 6.92 Å². The predicted molar refractivity (Wildman–Crippen MR) is 149 cm³/mol. The third kappa shape index (κ3) is 5.42. The Balaban J connectivity index is 1.52. The van der Waals surface area contributed by atoms with Crippen LogP contribution in [0.2, 0.25) is 0 Å². The number of benzene rings is 3. The van der Waals surface area contributed by atoms with E-state index in [0.717, 1.165) is 33.4 Å². The van der Waals surface area contributed by atoms with Gasteiger partial charge in [0, 0.05) is 17.6 Å². The first kappa shape index (κ1) is 24.5. The Labute approximate surface area is 225 Å². The molecule has 0 saturated heterocycles. The number of hydrogen-bond acceptors (Lipinski definition) is 6. The SMILES string of the molecule is Cc1ccc2[nH]c(=O)c([C@@H](c3nnnn3Cc3ccccc3)N(Cc3ccccc3)Cc3ccco3)cc2c1. The highest BCUT2D eigenvalue weighted by Gasteiger charge is 2.31. The lowest BCUT2D eigenvalue weighted by atomic mass is 10.0. The third-order valence-electron chi connectivity index (χ3n) is 6.84. The molecule has 3 aromatic carbocycles. The summed E-state index contributed by atoms with van der Waals surface area (Å²) in [5.74, 6) is 1.37. The molecule has 3 heterocycles. The Morgan fingerprint density at radius 1 is 0.897 bits per heavy atom. The molecule has 0 spiro atoms. The number of aromatic nitrogens is 5. The predicted octanol–water partition coefficient (Wildman–Crippen LogP) is 5.26. The molecule has 0 saturated carbocycles. The average molecular weight is 517 g/mol. The zero-order valence-corrected chi connectivity index (χ0v) is 21.6. The number of aryl methyl sites for hydroxylation is 1. The number of nitrogens with one attached hydrogen (secondary N) is 1. The van der Waals surface area contributed by atoms with Gasteiger partial charge in [-0.2, -0.15) is 0 Å². The molecule has 39 heavy (non-hydrogen) atoms. The van der Waals surface area contributed by atoms with Crippen LogP contribution in [0.25, 0.3) is 10.9 Å². The summed E-state index contributed by atoms with van der Waals surface area (Å²) < 4.78 is 7.54. The fourth-order valence-corrected chi connectivity index (χ4v) is 4.98. The van der Waals surface area contributed by atoms with Gasteiger partial charge in [0.15, 0.2) is 5.82 Å². The van der Waals surface area contributed by atoms with Crippen LogP contribution in [0.15, 0.2) is 113 Å². The molecule has 8 heteroatoms. The van der Waals surface area contributed by atoms with E-state index in [1.807, 2.05) is 85.8 Å². The van der Waals surface area contributed by atoms with Gasteiger partial charge in [-0.15, -0.1) is 5.10 Å². The van der Waals surface area contributed by atoms with Gasteiger partial charge in [-0.25, -0.2) is 4.68 Å². The largest absolute Gasteiger partial charge is 0.468 e. The van der Waals surface area contributed by atoms with Gasteiger partial charge in [0.1, 0.15) is 11.8 Å². The molecule has 194 valence electrons. The molecule has 0 amide bonds. The third-order valence-corrected chi connectivity index (χ3v) is 6.84. The highest BCUT2D eigenvalue weighted by Crippen LogP contribution is 2.30. The number of tetrazole rings is 1. The number of pyridine rings is 1. The summed E-state index contributed by atoms with van der Waals surface area (Å²) in [4.78, 5) is 19.0. The van der Waals surface area contributed by atoms with Crippen LogP contribution in [0.3, 0.4) is 0 Å². The molecular weight excluding hydrogens is 488 g/mol. The van der Waals surface area contributed by atoms with Crippen LogP contribution in [0.4, 0.5) is 0 Å². The van der Waals surface area contributed by atoms with Crippen molar-refractivity contribution in [2.24, 2.45) is 0 Å². The maximum atomic E-state index is 13.7. The van der Waals surface area contributed by atoms with E-state index >= 15 is 0 Å². The average Bonchev–Trinajstić information content (AvgIpc) is 3.63. The lowest BCUT2D eigenvalue weighted by molar-refractivity contribution is 0.179. The lowest BCUT2D eigenvalue weighted by Crippen LogP contribution is -2.34. The van der Waals surface area contributed by atoms with E-state index < -0.39 is 6.04 Å². The van der Waals surface area contributed by atoms with E-state index in [4.69, 9.17) is 4.42 Å². The number of hydrogen-bond donors (Lipinski definition) is 1. The summed E-state index contributed by atoms with van der Waals surface area (Å²) >= 11 is 0. The van der Waals surface area contributed by atoms with Crippen molar-refractivity contribution in [3.05, 3.63) is 148 Å². The van der Waals surface area contributed by atoms with Gasteiger partial charge < -0.3 is 9.40 Å². The smallest absolute Gasteiger partial charge is 0.253 e. The molecule has 0 fully saturated rings. The summed E-state index contributed by atoms with van der Waals surface area (Å²) in [6.45, 7) is 3.52. The zero-order valence-electron chi connectivity index (χ0n) is 21.6. The van der Waals surface area contributed by atoms with Gasteiger partial charge in [0.25, 0.3) is 5.56 Å². The van der Waals surface area contributed by atoms with Crippen molar-refractivity contribution in [1.82, 2.24) is 30.1 Å². The minimum atomic E-state index is -0.553. The van der Waals surface area contributed by atoms with Crippen molar-refractivity contribution in [2.75, 3.05) is 0 Å². The number of H-pyrrole nitrogens is 1. The normalized spacial score (nSPS) is 12.3. The van der Waals surface area contributed by atoms with Crippen molar-refractivity contribution in [3.8, 4) is 0 Å². The molecule has 0 radical (unpaired) electrons. The standard InChI is InChI=1S/C31H28N6O2/c1-22-14-15-28-25(17-22)18-27(31(38)32-28)29(30-33-34-35-37(30)20-24-11-6-3-7-12-24)36(21-26-13-8-16-39-26)19-23-9-4-2-5-10-23/h2-18,29H,19-21H2,1H3,(H,32,38)/t29-/m0/s1. The molecular formula is C31H28N6O2. The molecule has 1 atom stereocenters. The Bertz CT molecular complexity index is 1730. The Morgan fingerprint density at radius 3 is 2.41 bits per heavy atom. The van der Waals surface area contributed by atoms with Crippen molar-refractivity contribution < 1.29 is 4.42 Å². The second-order valence-electron chi connectivity index (χ2n) is 9.70. The molecule has 8 nitrogen and oxygen atoms in total. The molecule has 0 aliphatic heterocycles. The maximum absolute atomic E-state index is 13.7. The first-order valence-corrected chi connectivity index (χ1v) is 12.9. The quantitative estimate of drug-likeness (QED) is 0.282. The molecule has 0 unspecified atom stereocenters. The molecule has 6 aromatic rings. The monoisotopic (exact) mass is 516 g/mol. The van der Waals surface area contributed by atoms with Gasteiger partial charge in [-0.05, 0) is 64.2 Å². The number of rotatable bonds is 9. The Morgan fingerprint density at radius 2 is 1.67 bits per heavy atom. The number of nitrogens with zero attached hydrogens (tertiary/aromatic N) is 5. The fourth-order valence-electron chi connectivity index (χ4n) is 4.98. The lowest BCUT2D eigenvalue weighted by Gasteiger charge is -2.30. The Kier molecular flexibility index (Phi) is 6.84. The zero-order chi connectivity index (χ0) is 26.6. The van der Waals surface area contributed by atoms with E-state index in [1.54, 1.807) is 10.9 Å². The second kappa shape index (κ2) is 10.9. The van der Waals surface area contributed by atoms with E-state index in [2.05, 4.69) is 43.6 Å². The van der Waals surface area contributed by atoms with Crippen LogP contribution in [0.1, 0.15) is 39.9 Å². The van der Waals surface area contributed by atoms with Crippen molar-refractivity contribution in [1.29, 1.82) is 0 Å². The minimum Gasteiger partial charge on any atom is -0.468 e. The van der Waals surface area contributed by atoms with Crippen molar-refractivity contribution >= 4 is 10.9 Å². The number of aromatic amines is 1. The van der Waals surface area contributed by atoms with Crippen molar-refractivity contribution in [3.63, 3.8) is 0 Å². The highest BCUT2D eigenvalue weighted by atomic mass is 16.3. The molecule has 0 bridgehead atoms. The highest BCUT2D eigenvalue weighted by molar-refractivity contribution is 5.79. The van der Waals surface area contributed by atoms with Gasteiger partial charge >= 0.3 is 0 Å². The van der Waals surface area contributed by atoms with E-state index in [0.29, 0.717) is 31.0 Å². The fraction of sp³-hybridized carbons (Fsp3) is 0.161. The molecule has 3 aromatic heterocycles. The maximum Gasteiger partial charge on any atom is 0.253 e. The molecule has 1 N–H and O–H groups in total. The van der Waals surface area contributed by atoms with Gasteiger partial charge in [-0.3, -0.25) is 9.69 Å². The molecule has 6 rings (SSSR count). The van der Waals surface area contributed by atoms with Gasteiger partial charge in [0.2, 0.25) is 0 Å². The first-order chi connectivity index (χ1) is 19.1. The Hall–Kier alpha value is -4.82. The van der Waals surface area contributed by atoms with Crippen LogP contribution in [-0.2, 0) is 19.6 Å². The summed E-state index contributed by atoms with van der Waals surface area (Å²) in [6.07, 6.45) is 1.66. The summed E-state index contributed by atoms with van der Waals surface area (Å²) in [7, 11) is 0. The van der Waals surface area contributed by atoms with E-state index in [9.17, 15) is 4.79 Å². The first-order valence-electron chi connectivity index (χ1n) is 12.9. The van der Waals surface area contributed by atoms with E-state index in [1.165, 1.54) is 0 Å². The minimum absolute atomic E-state index is 0.178. The summed E-state index contributed by atoms with van der Waals surface area (Å²) in [6, 6.07) is 31.5. The van der Waals surface area contributed by atoms with Gasteiger partial charge in [-0.1, -0.05) is 72.3 Å². The molecule has 0 aliphatic rings. The molecule has 0 aliphatic carbocycles. The van der Waals surface area contributed by atoms with Gasteiger partial charge in [0.05, 0.1) is 19.4 Å². The van der Waals surface area contributed by atoms with Crippen molar-refractivity contribution in [2.45, 2.75) is 32.6 Å². The van der Waals surface area contributed by atoms with Crippen LogP contribution >= 0.6 is 0 Å². The number of furan rings is 1. The van der Waals surface area contributed by atoms with Crippen LogP contribution < -0.4 is 5.56 Å². The second-order valence-corrected chi connectivity index (χ2v) is 9.70. The topological polar surface area (TPSA) is 92.8 Å². The number of fused-ring (bicyclic) bond motifs is 1.